The first kappa shape index (κ1) is 11.9. The Balaban J connectivity index is 2.91. The van der Waals surface area contributed by atoms with Crippen molar-refractivity contribution in [3.05, 3.63) is 0 Å². The highest BCUT2D eigenvalue weighted by molar-refractivity contribution is 4.49. The van der Waals surface area contributed by atoms with Gasteiger partial charge in [-0.05, 0) is 26.2 Å². The molecule has 0 saturated heterocycles. The van der Waals surface area contributed by atoms with Crippen molar-refractivity contribution in [2.45, 2.75) is 57.8 Å². The van der Waals surface area contributed by atoms with Crippen molar-refractivity contribution in [3.8, 4) is 0 Å². The molecule has 0 aliphatic heterocycles. The van der Waals surface area contributed by atoms with E-state index < -0.39 is 6.29 Å². The van der Waals surface area contributed by atoms with Gasteiger partial charge in [-0.2, -0.15) is 0 Å². The summed E-state index contributed by atoms with van der Waals surface area (Å²) in [5.74, 6) is 0. The van der Waals surface area contributed by atoms with Crippen LogP contribution < -0.4 is 0 Å². The number of aliphatic hydroxyl groups is 3. The van der Waals surface area contributed by atoms with Crippen LogP contribution in [0.25, 0.3) is 0 Å². The van der Waals surface area contributed by atoms with Crippen molar-refractivity contribution in [1.82, 2.24) is 0 Å². The second-order valence-corrected chi connectivity index (χ2v) is 3.32. The molecule has 0 aromatic heterocycles. The van der Waals surface area contributed by atoms with E-state index in [1.807, 2.05) is 0 Å². The maximum Gasteiger partial charge on any atom is 0.151 e. The van der Waals surface area contributed by atoms with E-state index in [4.69, 9.17) is 15.3 Å². The standard InChI is InChI=1S/C9H20O3/c1-8(10)6-4-2-3-5-7-9(11)12/h8-12H,2-7H2,1H3. The van der Waals surface area contributed by atoms with Crippen LogP contribution in [-0.2, 0) is 0 Å². The van der Waals surface area contributed by atoms with Crippen molar-refractivity contribution in [2.24, 2.45) is 0 Å². The topological polar surface area (TPSA) is 60.7 Å². The van der Waals surface area contributed by atoms with E-state index in [-0.39, 0.29) is 6.10 Å². The summed E-state index contributed by atoms with van der Waals surface area (Å²) in [4.78, 5) is 0. The molecule has 0 aliphatic carbocycles. The molecule has 1 atom stereocenters. The average Bonchev–Trinajstić information content (AvgIpc) is 1.95. The van der Waals surface area contributed by atoms with E-state index in [1.54, 1.807) is 6.92 Å². The number of unbranched alkanes of at least 4 members (excludes halogenated alkanes) is 3. The molecule has 0 aromatic rings. The third-order valence-electron chi connectivity index (χ3n) is 1.83. The quantitative estimate of drug-likeness (QED) is 0.401. The molecule has 3 nitrogen and oxygen atoms in total. The van der Waals surface area contributed by atoms with E-state index in [9.17, 15) is 0 Å². The molecule has 3 N–H and O–H groups in total. The lowest BCUT2D eigenvalue weighted by molar-refractivity contribution is -0.0466. The normalized spacial score (nSPS) is 13.8. The van der Waals surface area contributed by atoms with Gasteiger partial charge in [0.25, 0.3) is 0 Å². The lowest BCUT2D eigenvalue weighted by Gasteiger charge is -2.04. The van der Waals surface area contributed by atoms with Crippen LogP contribution in [0.4, 0.5) is 0 Å². The molecule has 0 fully saturated rings. The van der Waals surface area contributed by atoms with Crippen LogP contribution in [0, 0.1) is 0 Å². The van der Waals surface area contributed by atoms with Crippen LogP contribution in [0.3, 0.4) is 0 Å². The Bertz CT molecular complexity index is 79.8. The summed E-state index contributed by atoms with van der Waals surface area (Å²) in [6, 6.07) is 0. The number of rotatable bonds is 7. The van der Waals surface area contributed by atoms with Crippen molar-refractivity contribution in [2.75, 3.05) is 0 Å². The van der Waals surface area contributed by atoms with Crippen molar-refractivity contribution >= 4 is 0 Å². The van der Waals surface area contributed by atoms with Gasteiger partial charge in [0.2, 0.25) is 0 Å². The van der Waals surface area contributed by atoms with Gasteiger partial charge in [-0.25, -0.2) is 0 Å². The fourth-order valence-electron chi connectivity index (χ4n) is 1.12. The first-order valence-corrected chi connectivity index (χ1v) is 4.67. The summed E-state index contributed by atoms with van der Waals surface area (Å²) in [5, 5.41) is 25.9. The Labute approximate surface area is 74.0 Å². The van der Waals surface area contributed by atoms with Crippen LogP contribution in [0.2, 0.25) is 0 Å². The predicted octanol–water partition coefficient (Wildman–Crippen LogP) is 1.02. The van der Waals surface area contributed by atoms with Gasteiger partial charge in [-0.3, -0.25) is 0 Å². The van der Waals surface area contributed by atoms with Gasteiger partial charge in [-0.15, -0.1) is 0 Å². The molecular formula is C9H20O3. The minimum absolute atomic E-state index is 0.201. The third kappa shape index (κ3) is 9.88. The van der Waals surface area contributed by atoms with Crippen molar-refractivity contribution in [1.29, 1.82) is 0 Å². The highest BCUT2D eigenvalue weighted by Gasteiger charge is 1.98. The van der Waals surface area contributed by atoms with E-state index in [0.29, 0.717) is 6.42 Å². The summed E-state index contributed by atoms with van der Waals surface area (Å²) < 4.78 is 0. The van der Waals surface area contributed by atoms with E-state index in [2.05, 4.69) is 0 Å². The molecule has 0 spiro atoms. The minimum Gasteiger partial charge on any atom is -0.393 e. The highest BCUT2D eigenvalue weighted by Crippen LogP contribution is 2.07. The molecule has 0 amide bonds. The summed E-state index contributed by atoms with van der Waals surface area (Å²) in [5.41, 5.74) is 0. The van der Waals surface area contributed by atoms with Crippen LogP contribution in [0.1, 0.15) is 45.4 Å². The predicted molar refractivity (Wildman–Crippen MR) is 47.6 cm³/mol. The number of hydrogen-bond acceptors (Lipinski definition) is 3. The average molecular weight is 176 g/mol. The van der Waals surface area contributed by atoms with Crippen LogP contribution in [-0.4, -0.2) is 27.7 Å². The molecule has 74 valence electrons. The van der Waals surface area contributed by atoms with Gasteiger partial charge < -0.3 is 15.3 Å². The summed E-state index contributed by atoms with van der Waals surface area (Å²) in [6.45, 7) is 1.79. The molecule has 0 saturated carbocycles. The van der Waals surface area contributed by atoms with E-state index in [1.165, 1.54) is 0 Å². The second-order valence-electron chi connectivity index (χ2n) is 3.32. The molecule has 0 aliphatic rings. The molecule has 12 heavy (non-hydrogen) atoms. The SMILES string of the molecule is CC(O)CCCCCCC(O)O. The summed E-state index contributed by atoms with van der Waals surface area (Å²) in [6.07, 6.45) is 3.94. The summed E-state index contributed by atoms with van der Waals surface area (Å²) >= 11 is 0. The van der Waals surface area contributed by atoms with Gasteiger partial charge in [0.1, 0.15) is 0 Å². The molecule has 3 heteroatoms. The highest BCUT2D eigenvalue weighted by atomic mass is 16.5. The zero-order valence-electron chi connectivity index (χ0n) is 7.74. The van der Waals surface area contributed by atoms with Gasteiger partial charge in [0.05, 0.1) is 6.10 Å². The van der Waals surface area contributed by atoms with Crippen LogP contribution >= 0.6 is 0 Å². The molecule has 0 aromatic carbocycles. The molecule has 0 radical (unpaired) electrons. The maximum atomic E-state index is 8.92. The van der Waals surface area contributed by atoms with E-state index in [0.717, 1.165) is 32.1 Å². The monoisotopic (exact) mass is 176 g/mol. The number of aliphatic hydroxyl groups excluding tert-OH is 2. The third-order valence-corrected chi connectivity index (χ3v) is 1.83. The maximum absolute atomic E-state index is 8.92. The van der Waals surface area contributed by atoms with Gasteiger partial charge >= 0.3 is 0 Å². The van der Waals surface area contributed by atoms with Gasteiger partial charge in [0.15, 0.2) is 6.29 Å². The smallest absolute Gasteiger partial charge is 0.151 e. The minimum atomic E-state index is -1.15. The zero-order chi connectivity index (χ0) is 9.40. The Morgan fingerprint density at radius 1 is 0.833 bits per heavy atom. The van der Waals surface area contributed by atoms with Crippen molar-refractivity contribution in [3.63, 3.8) is 0 Å². The van der Waals surface area contributed by atoms with E-state index >= 15 is 0 Å². The lowest BCUT2D eigenvalue weighted by atomic mass is 10.1. The second kappa shape index (κ2) is 7.53. The Morgan fingerprint density at radius 2 is 1.33 bits per heavy atom. The largest absolute Gasteiger partial charge is 0.393 e. The van der Waals surface area contributed by atoms with Gasteiger partial charge in [0, 0.05) is 0 Å². The molecule has 0 rings (SSSR count). The molecule has 1 unspecified atom stereocenters. The van der Waals surface area contributed by atoms with Gasteiger partial charge in [-0.1, -0.05) is 19.3 Å². The van der Waals surface area contributed by atoms with Crippen LogP contribution in [0.5, 0.6) is 0 Å². The molecule has 0 bridgehead atoms. The molecular weight excluding hydrogens is 156 g/mol. The molecule has 0 heterocycles. The Morgan fingerprint density at radius 3 is 1.75 bits per heavy atom. The Kier molecular flexibility index (Phi) is 7.45. The zero-order valence-corrected chi connectivity index (χ0v) is 7.74. The fourth-order valence-corrected chi connectivity index (χ4v) is 1.12. The summed E-state index contributed by atoms with van der Waals surface area (Å²) in [7, 11) is 0. The van der Waals surface area contributed by atoms with Crippen LogP contribution in [0.15, 0.2) is 0 Å². The first-order valence-electron chi connectivity index (χ1n) is 4.67. The first-order chi connectivity index (χ1) is 5.63. The number of hydrogen-bond donors (Lipinski definition) is 3. The lowest BCUT2D eigenvalue weighted by Crippen LogP contribution is -2.03. The Hall–Kier alpha value is -0.120. The fraction of sp³-hybridized carbons (Fsp3) is 1.00. The van der Waals surface area contributed by atoms with Crippen molar-refractivity contribution < 1.29 is 15.3 Å².